The minimum Gasteiger partial charge on any atom is -1.00 e. The van der Waals surface area contributed by atoms with E-state index in [9.17, 15) is 0 Å². The van der Waals surface area contributed by atoms with E-state index in [1.807, 2.05) is 0 Å². The van der Waals surface area contributed by atoms with Crippen LogP contribution in [-0.2, 0) is 0 Å². The normalized spacial score (nSPS) is 10.4. The van der Waals surface area contributed by atoms with E-state index in [4.69, 9.17) is 34.3 Å². The summed E-state index contributed by atoms with van der Waals surface area (Å²) in [6.07, 6.45) is 0. The second kappa shape index (κ2) is 7.54. The molecule has 0 bridgehead atoms. The average molecular weight is 222 g/mol. The number of hydrogen-bond acceptors (Lipinski definition) is 1. The summed E-state index contributed by atoms with van der Waals surface area (Å²) in [7, 11) is 0. The fourth-order valence-corrected chi connectivity index (χ4v) is 0.904. The van der Waals surface area contributed by atoms with Crippen molar-refractivity contribution in [1.29, 1.82) is 0 Å². The van der Waals surface area contributed by atoms with Gasteiger partial charge in [0.2, 0.25) is 0 Å². The van der Waals surface area contributed by atoms with Gasteiger partial charge >= 0.3 is 0 Å². The van der Waals surface area contributed by atoms with Crippen LogP contribution in [0.1, 0.15) is 0 Å². The molecule has 0 fully saturated rings. The van der Waals surface area contributed by atoms with Crippen LogP contribution in [0, 0.1) is 0 Å². The fraction of sp³-hybridized carbons (Fsp3) is 0.250. The van der Waals surface area contributed by atoms with Crippen molar-refractivity contribution in [3.8, 4) is 0 Å². The molecular weight excluding hydrogens is 214 g/mol. The van der Waals surface area contributed by atoms with E-state index >= 15 is 0 Å². The lowest BCUT2D eigenvalue weighted by Crippen LogP contribution is -3.00. The summed E-state index contributed by atoms with van der Waals surface area (Å²) >= 11 is 12.0. The Hall–Kier alpha value is 0.430. The monoisotopic (exact) mass is 220 g/mol. The van der Waals surface area contributed by atoms with Crippen LogP contribution in [-0.4, -0.2) is 10.9 Å². The smallest absolute Gasteiger partial charge is 0.300 e. The number of nitrogens with two attached hydrogens (primary N) is 2. The van der Waals surface area contributed by atoms with Gasteiger partial charge < -0.3 is 12.4 Å². The summed E-state index contributed by atoms with van der Waals surface area (Å²) in [6.45, 7) is 0. The third kappa shape index (κ3) is 8.43. The van der Waals surface area contributed by atoms with E-state index < -0.39 is 0 Å². The molecule has 2 nitrogen and oxygen atoms in total. The first-order chi connectivity index (χ1) is 4.16. The lowest BCUT2D eigenvalue weighted by atomic mass is 10.7. The summed E-state index contributed by atoms with van der Waals surface area (Å²) < 4.78 is 0. The third-order valence-electron chi connectivity index (χ3n) is 0.495. The molecule has 0 atom stereocenters. The van der Waals surface area contributed by atoms with Crippen LogP contribution >= 0.6 is 35.0 Å². The Morgan fingerprint density at radius 2 is 2.20 bits per heavy atom. The molecule has 0 aromatic rings. The van der Waals surface area contributed by atoms with Crippen LogP contribution in [0.3, 0.4) is 0 Å². The Morgan fingerprint density at radius 1 is 1.70 bits per heavy atom. The predicted octanol–water partition coefficient (Wildman–Crippen LogP) is -2.88. The van der Waals surface area contributed by atoms with Gasteiger partial charge in [0.15, 0.2) is 0 Å². The molecule has 0 aliphatic rings. The van der Waals surface area contributed by atoms with E-state index in [1.54, 1.807) is 0 Å². The molecule has 0 unspecified atom stereocenters. The van der Waals surface area contributed by atoms with Gasteiger partial charge in [0.05, 0.1) is 0 Å². The molecule has 6 heteroatoms. The van der Waals surface area contributed by atoms with Gasteiger partial charge in [0, 0.05) is 16.3 Å². The molecule has 0 radical (unpaired) electrons. The standard InChI is InChI=1S/C4H6Cl2N2S.ClH/c5-1-3(6)2-9-4(7)8;/h1H,2H2,(H3,7,8);1H/b3-1-;. The predicted molar refractivity (Wildman–Crippen MR) is 43.4 cm³/mol. The highest BCUT2D eigenvalue weighted by Crippen LogP contribution is 2.10. The maximum Gasteiger partial charge on any atom is 0.300 e. The van der Waals surface area contributed by atoms with Crippen LogP contribution in [0.25, 0.3) is 0 Å². The lowest BCUT2D eigenvalue weighted by Gasteiger charge is -1.89. The van der Waals surface area contributed by atoms with E-state index in [1.165, 1.54) is 17.3 Å². The number of thioether (sulfide) groups is 1. The van der Waals surface area contributed by atoms with Crippen molar-refractivity contribution in [2.45, 2.75) is 0 Å². The first-order valence-corrected chi connectivity index (χ1v) is 3.92. The van der Waals surface area contributed by atoms with Gasteiger partial charge in [-0.3, -0.25) is 11.1 Å². The van der Waals surface area contributed by atoms with Crippen LogP contribution < -0.4 is 23.5 Å². The average Bonchev–Trinajstić information content (AvgIpc) is 1.83. The second-order valence-corrected chi connectivity index (χ2v) is 3.00. The Kier molecular flexibility index (Phi) is 9.84. The van der Waals surface area contributed by atoms with Gasteiger partial charge in [-0.05, 0) is 11.8 Å². The molecule has 0 aromatic heterocycles. The summed E-state index contributed by atoms with van der Waals surface area (Å²) in [6, 6.07) is 0. The first kappa shape index (κ1) is 13.1. The molecule has 4 N–H and O–H groups in total. The molecule has 0 spiro atoms. The van der Waals surface area contributed by atoms with Gasteiger partial charge in [-0.15, -0.1) is 0 Å². The van der Waals surface area contributed by atoms with E-state index in [2.05, 4.69) is 0 Å². The van der Waals surface area contributed by atoms with E-state index in [0.717, 1.165) is 0 Å². The molecule has 10 heavy (non-hydrogen) atoms. The van der Waals surface area contributed by atoms with E-state index in [-0.39, 0.29) is 12.4 Å². The Bertz CT molecular complexity index is 136. The molecule has 0 amide bonds. The number of amidine groups is 1. The highest BCUT2D eigenvalue weighted by Gasteiger charge is 1.97. The quantitative estimate of drug-likeness (QED) is 0.389. The molecule has 0 saturated carbocycles. The Labute approximate surface area is 80.1 Å². The van der Waals surface area contributed by atoms with Gasteiger partial charge in [-0.25, -0.2) is 0 Å². The van der Waals surface area contributed by atoms with Crippen molar-refractivity contribution in [1.82, 2.24) is 0 Å². The fourth-order valence-electron chi connectivity index (χ4n) is 0.184. The molecule has 0 rings (SSSR count). The third-order valence-corrected chi connectivity index (χ3v) is 2.06. The summed E-state index contributed by atoms with van der Waals surface area (Å²) in [5.41, 5.74) is 6.41. The SMILES string of the molecule is NC(=[NH2+])SC/C(Cl)=C/Cl.[Cl-]. The Balaban J connectivity index is 0. The van der Waals surface area contributed by atoms with Crippen molar-refractivity contribution in [3.05, 3.63) is 10.6 Å². The van der Waals surface area contributed by atoms with Crippen molar-refractivity contribution < 1.29 is 17.8 Å². The highest BCUT2D eigenvalue weighted by atomic mass is 35.5. The minimum absolute atomic E-state index is 0. The number of hydrogen-bond donors (Lipinski definition) is 2. The summed E-state index contributed by atoms with van der Waals surface area (Å²) in [5, 5.41) is 5.96. The molecule has 0 aliphatic carbocycles. The molecule has 0 saturated heterocycles. The zero-order chi connectivity index (χ0) is 7.28. The summed E-state index contributed by atoms with van der Waals surface area (Å²) in [5.74, 6) is 0.535. The van der Waals surface area contributed by atoms with Crippen LogP contribution in [0.15, 0.2) is 10.6 Å². The van der Waals surface area contributed by atoms with Crippen molar-refractivity contribution in [2.75, 3.05) is 5.75 Å². The van der Waals surface area contributed by atoms with Gasteiger partial charge in [-0.2, -0.15) is 0 Å². The highest BCUT2D eigenvalue weighted by molar-refractivity contribution is 8.13. The van der Waals surface area contributed by atoms with Crippen LogP contribution in [0.4, 0.5) is 0 Å². The molecule has 0 aromatic carbocycles. The van der Waals surface area contributed by atoms with Crippen LogP contribution in [0.2, 0.25) is 0 Å². The summed E-state index contributed by atoms with van der Waals surface area (Å²) in [4.78, 5) is 0. The van der Waals surface area contributed by atoms with Gasteiger partial charge in [-0.1, -0.05) is 23.2 Å². The largest absolute Gasteiger partial charge is 1.00 e. The first-order valence-electron chi connectivity index (χ1n) is 2.12. The molecule has 0 aliphatic heterocycles. The maximum atomic E-state index is 5.49. The lowest BCUT2D eigenvalue weighted by molar-refractivity contribution is -0.110. The van der Waals surface area contributed by atoms with Gasteiger partial charge in [0.1, 0.15) is 0 Å². The maximum absolute atomic E-state index is 5.49. The van der Waals surface area contributed by atoms with Gasteiger partial charge in [0.25, 0.3) is 5.17 Å². The minimum atomic E-state index is 0. The van der Waals surface area contributed by atoms with Crippen molar-refractivity contribution in [3.63, 3.8) is 0 Å². The van der Waals surface area contributed by atoms with Crippen molar-refractivity contribution in [2.24, 2.45) is 5.73 Å². The zero-order valence-corrected chi connectivity index (χ0v) is 8.07. The molecular formula is C4H7Cl3N2S. The molecule has 60 valence electrons. The Morgan fingerprint density at radius 3 is 2.50 bits per heavy atom. The van der Waals surface area contributed by atoms with Crippen LogP contribution in [0.5, 0.6) is 0 Å². The zero-order valence-electron chi connectivity index (χ0n) is 4.98. The second-order valence-electron chi connectivity index (χ2n) is 1.25. The van der Waals surface area contributed by atoms with E-state index in [0.29, 0.717) is 16.0 Å². The van der Waals surface area contributed by atoms with Crippen molar-refractivity contribution >= 4 is 40.1 Å². The molecule has 0 heterocycles. The topological polar surface area (TPSA) is 51.6 Å². The number of rotatable bonds is 2. The number of halogens is 3.